The molecule has 3 rings (SSSR count). The average Bonchev–Trinajstić information content (AvgIpc) is 2.95. The van der Waals surface area contributed by atoms with Gasteiger partial charge in [-0.15, -0.1) is 0 Å². The Balaban J connectivity index is 1.47. The molecule has 1 aliphatic rings. The lowest BCUT2D eigenvalue weighted by Gasteiger charge is -2.11. The first-order valence-corrected chi connectivity index (χ1v) is 6.99. The molecule has 1 unspecified atom stereocenters. The summed E-state index contributed by atoms with van der Waals surface area (Å²) < 4.78 is 11.0. The maximum absolute atomic E-state index is 11.8. The Morgan fingerprint density at radius 2 is 1.90 bits per heavy atom. The van der Waals surface area contributed by atoms with Crippen molar-refractivity contribution in [3.05, 3.63) is 60.2 Å². The number of nitrogens with one attached hydrogen (secondary N) is 1. The molecule has 0 saturated heterocycles. The summed E-state index contributed by atoms with van der Waals surface area (Å²) in [5.74, 6) is 1.70. The van der Waals surface area contributed by atoms with Crippen molar-refractivity contribution in [3.63, 3.8) is 0 Å². The molecule has 4 heteroatoms. The summed E-state index contributed by atoms with van der Waals surface area (Å²) in [6.45, 7) is 1.20. The highest BCUT2D eigenvalue weighted by Crippen LogP contribution is 2.32. The van der Waals surface area contributed by atoms with Crippen LogP contribution in [0, 0.1) is 0 Å². The molecule has 1 heterocycles. The van der Waals surface area contributed by atoms with Crippen LogP contribution >= 0.6 is 0 Å². The predicted molar refractivity (Wildman–Crippen MR) is 79.6 cm³/mol. The molecule has 108 valence electrons. The maximum atomic E-state index is 11.8. The summed E-state index contributed by atoms with van der Waals surface area (Å²) in [6, 6.07) is 17.2. The molecule has 21 heavy (non-hydrogen) atoms. The first-order chi connectivity index (χ1) is 10.3. The highest BCUT2D eigenvalue weighted by atomic mass is 16.5. The van der Waals surface area contributed by atoms with Crippen LogP contribution in [0.1, 0.15) is 11.5 Å². The molecule has 0 saturated carbocycles. The summed E-state index contributed by atoms with van der Waals surface area (Å²) >= 11 is 0. The van der Waals surface area contributed by atoms with Gasteiger partial charge in [0.25, 0.3) is 5.91 Å². The van der Waals surface area contributed by atoms with E-state index in [0.717, 1.165) is 11.3 Å². The highest BCUT2D eigenvalue weighted by molar-refractivity contribution is 5.77. The highest BCUT2D eigenvalue weighted by Gasteiger charge is 2.23. The normalized spacial score (nSPS) is 15.9. The van der Waals surface area contributed by atoms with Crippen LogP contribution in [0.3, 0.4) is 0 Å². The van der Waals surface area contributed by atoms with Crippen molar-refractivity contribution in [2.24, 2.45) is 0 Å². The van der Waals surface area contributed by atoms with Crippen LogP contribution in [0.5, 0.6) is 11.5 Å². The Kier molecular flexibility index (Phi) is 4.05. The number of fused-ring (bicyclic) bond motifs is 1. The van der Waals surface area contributed by atoms with Crippen molar-refractivity contribution in [2.75, 3.05) is 19.8 Å². The molecular weight excluding hydrogens is 266 g/mol. The smallest absolute Gasteiger partial charge is 0.257 e. The largest absolute Gasteiger partial charge is 0.493 e. The van der Waals surface area contributed by atoms with Gasteiger partial charge >= 0.3 is 0 Å². The number of carbonyl (C=O) groups is 1. The molecule has 1 atom stereocenters. The Labute approximate surface area is 123 Å². The van der Waals surface area contributed by atoms with Crippen molar-refractivity contribution < 1.29 is 14.3 Å². The fraction of sp³-hybridized carbons (Fsp3) is 0.235. The van der Waals surface area contributed by atoms with Crippen LogP contribution in [0.2, 0.25) is 0 Å². The molecule has 0 aliphatic carbocycles. The molecule has 0 radical (unpaired) electrons. The molecule has 1 aliphatic heterocycles. The summed E-state index contributed by atoms with van der Waals surface area (Å²) in [5, 5.41) is 2.89. The minimum absolute atomic E-state index is 0.0270. The minimum Gasteiger partial charge on any atom is -0.493 e. The molecule has 0 bridgehead atoms. The van der Waals surface area contributed by atoms with Crippen LogP contribution in [0.4, 0.5) is 0 Å². The maximum Gasteiger partial charge on any atom is 0.257 e. The number of hydrogen-bond acceptors (Lipinski definition) is 3. The quantitative estimate of drug-likeness (QED) is 0.916. The van der Waals surface area contributed by atoms with Gasteiger partial charge in [0.1, 0.15) is 11.5 Å². The second kappa shape index (κ2) is 6.31. The standard InChI is InChI=1S/C17H17NO3/c19-17(12-20-14-6-2-1-3-7-14)18-10-13-11-21-16-9-5-4-8-15(13)16/h1-9,13H,10-12H2,(H,18,19). The van der Waals surface area contributed by atoms with Crippen LogP contribution in [-0.4, -0.2) is 25.7 Å². The zero-order valence-corrected chi connectivity index (χ0v) is 11.6. The van der Waals surface area contributed by atoms with Gasteiger partial charge in [-0.05, 0) is 18.2 Å². The van der Waals surface area contributed by atoms with Crippen LogP contribution in [0.25, 0.3) is 0 Å². The fourth-order valence-electron chi connectivity index (χ4n) is 2.35. The van der Waals surface area contributed by atoms with Gasteiger partial charge in [0, 0.05) is 18.0 Å². The van der Waals surface area contributed by atoms with Crippen LogP contribution in [0.15, 0.2) is 54.6 Å². The van der Waals surface area contributed by atoms with Gasteiger partial charge in [0.15, 0.2) is 6.61 Å². The zero-order chi connectivity index (χ0) is 14.5. The molecular formula is C17H17NO3. The van der Waals surface area contributed by atoms with E-state index in [9.17, 15) is 4.79 Å². The summed E-state index contributed by atoms with van der Waals surface area (Å²) in [4.78, 5) is 11.8. The number of hydrogen-bond donors (Lipinski definition) is 1. The number of ether oxygens (including phenoxy) is 2. The molecule has 0 fully saturated rings. The predicted octanol–water partition coefficient (Wildman–Crippen LogP) is 2.36. The van der Waals surface area contributed by atoms with E-state index in [1.54, 1.807) is 0 Å². The summed E-state index contributed by atoms with van der Waals surface area (Å²) in [7, 11) is 0. The molecule has 4 nitrogen and oxygen atoms in total. The van der Waals surface area contributed by atoms with E-state index in [0.29, 0.717) is 18.9 Å². The van der Waals surface area contributed by atoms with Crippen molar-refractivity contribution in [3.8, 4) is 11.5 Å². The first-order valence-electron chi connectivity index (χ1n) is 6.99. The second-order valence-electron chi connectivity index (χ2n) is 4.95. The Hall–Kier alpha value is -2.49. The van der Waals surface area contributed by atoms with Gasteiger partial charge in [-0.2, -0.15) is 0 Å². The third-order valence-electron chi connectivity index (χ3n) is 3.46. The van der Waals surface area contributed by atoms with Crippen LogP contribution < -0.4 is 14.8 Å². The number of para-hydroxylation sites is 2. The minimum atomic E-state index is -0.122. The third kappa shape index (κ3) is 3.34. The SMILES string of the molecule is O=C(COc1ccccc1)NCC1COc2ccccc21. The van der Waals surface area contributed by atoms with Gasteiger partial charge in [0.05, 0.1) is 6.61 Å². The van der Waals surface area contributed by atoms with E-state index < -0.39 is 0 Å². The third-order valence-corrected chi connectivity index (χ3v) is 3.46. The van der Waals surface area contributed by atoms with Crippen molar-refractivity contribution in [1.82, 2.24) is 5.32 Å². The molecule has 1 N–H and O–H groups in total. The lowest BCUT2D eigenvalue weighted by molar-refractivity contribution is -0.123. The van der Waals surface area contributed by atoms with Gasteiger partial charge in [-0.1, -0.05) is 36.4 Å². The van der Waals surface area contributed by atoms with Gasteiger partial charge in [-0.3, -0.25) is 4.79 Å². The van der Waals surface area contributed by atoms with Gasteiger partial charge < -0.3 is 14.8 Å². The van der Waals surface area contributed by atoms with Gasteiger partial charge in [0.2, 0.25) is 0 Å². The molecule has 0 spiro atoms. The van der Waals surface area contributed by atoms with E-state index in [1.807, 2.05) is 54.6 Å². The lowest BCUT2D eigenvalue weighted by atomic mass is 10.0. The Morgan fingerprint density at radius 1 is 1.14 bits per heavy atom. The monoisotopic (exact) mass is 283 g/mol. The van der Waals surface area contributed by atoms with E-state index in [-0.39, 0.29) is 18.4 Å². The molecule has 0 aromatic heterocycles. The average molecular weight is 283 g/mol. The van der Waals surface area contributed by atoms with Crippen LogP contribution in [-0.2, 0) is 4.79 Å². The Bertz CT molecular complexity index is 612. The van der Waals surface area contributed by atoms with Gasteiger partial charge in [-0.25, -0.2) is 0 Å². The number of carbonyl (C=O) groups excluding carboxylic acids is 1. The van der Waals surface area contributed by atoms with E-state index in [1.165, 1.54) is 0 Å². The molecule has 2 aromatic rings. The fourth-order valence-corrected chi connectivity index (χ4v) is 2.35. The van der Waals surface area contributed by atoms with Crippen molar-refractivity contribution in [1.29, 1.82) is 0 Å². The van der Waals surface area contributed by atoms with Crippen molar-refractivity contribution >= 4 is 5.91 Å². The Morgan fingerprint density at radius 3 is 2.76 bits per heavy atom. The number of benzene rings is 2. The number of rotatable bonds is 5. The first kappa shape index (κ1) is 13.5. The van der Waals surface area contributed by atoms with Crippen molar-refractivity contribution in [2.45, 2.75) is 5.92 Å². The van der Waals surface area contributed by atoms with E-state index >= 15 is 0 Å². The summed E-state index contributed by atoms with van der Waals surface area (Å²) in [6.07, 6.45) is 0. The lowest BCUT2D eigenvalue weighted by Crippen LogP contribution is -2.32. The topological polar surface area (TPSA) is 47.6 Å². The zero-order valence-electron chi connectivity index (χ0n) is 11.6. The second-order valence-corrected chi connectivity index (χ2v) is 4.95. The molecule has 2 aromatic carbocycles. The summed E-state index contributed by atoms with van der Waals surface area (Å²) in [5.41, 5.74) is 1.15. The molecule has 1 amide bonds. The van der Waals surface area contributed by atoms with E-state index in [2.05, 4.69) is 5.32 Å². The number of amides is 1. The van der Waals surface area contributed by atoms with E-state index in [4.69, 9.17) is 9.47 Å².